The molecule has 1 aliphatic rings. The Labute approximate surface area is 167 Å². The van der Waals surface area contributed by atoms with Crippen molar-refractivity contribution >= 4 is 22.8 Å². The van der Waals surface area contributed by atoms with Gasteiger partial charge in [-0.15, -0.1) is 0 Å². The van der Waals surface area contributed by atoms with Crippen LogP contribution in [0.5, 0.6) is 0 Å². The second-order valence-electron chi connectivity index (χ2n) is 7.59. The van der Waals surface area contributed by atoms with Crippen molar-refractivity contribution in [2.24, 2.45) is 0 Å². The lowest BCUT2D eigenvalue weighted by Crippen LogP contribution is -2.14. The molecule has 7 nitrogen and oxygen atoms in total. The summed E-state index contributed by atoms with van der Waals surface area (Å²) in [4.78, 5) is 17.6. The highest BCUT2D eigenvalue weighted by atomic mass is 16.5. The molecule has 29 heavy (non-hydrogen) atoms. The van der Waals surface area contributed by atoms with Gasteiger partial charge >= 0.3 is 0 Å². The Morgan fingerprint density at radius 3 is 2.76 bits per heavy atom. The summed E-state index contributed by atoms with van der Waals surface area (Å²) < 4.78 is 7.22. The molecule has 0 bridgehead atoms. The van der Waals surface area contributed by atoms with Crippen LogP contribution in [0.25, 0.3) is 11.1 Å². The highest BCUT2D eigenvalue weighted by Gasteiger charge is 2.28. The molecule has 1 aromatic carbocycles. The van der Waals surface area contributed by atoms with Crippen LogP contribution in [0.15, 0.2) is 47.0 Å². The lowest BCUT2D eigenvalue weighted by Gasteiger charge is -2.06. The first kappa shape index (κ1) is 17.6. The van der Waals surface area contributed by atoms with E-state index in [4.69, 9.17) is 4.52 Å². The van der Waals surface area contributed by atoms with Crippen LogP contribution >= 0.6 is 0 Å². The van der Waals surface area contributed by atoms with Crippen molar-refractivity contribution in [1.82, 2.24) is 19.9 Å². The number of carbonyl (C=O) groups excluding carboxylic acids is 1. The van der Waals surface area contributed by atoms with E-state index in [1.54, 1.807) is 0 Å². The van der Waals surface area contributed by atoms with Gasteiger partial charge in [0.05, 0.1) is 23.2 Å². The van der Waals surface area contributed by atoms with Crippen LogP contribution in [0.3, 0.4) is 0 Å². The molecule has 3 aromatic heterocycles. The number of carbonyl (C=O) groups is 1. The predicted molar refractivity (Wildman–Crippen MR) is 109 cm³/mol. The number of aryl methyl sites for hydroxylation is 2. The van der Waals surface area contributed by atoms with E-state index in [1.807, 2.05) is 48.9 Å². The normalized spacial score (nSPS) is 13.7. The molecule has 0 atom stereocenters. The molecular weight excluding hydrogens is 366 g/mol. The number of aromatic nitrogens is 4. The molecule has 0 saturated heterocycles. The average molecular weight is 387 g/mol. The first-order valence-corrected chi connectivity index (χ1v) is 9.75. The summed E-state index contributed by atoms with van der Waals surface area (Å²) in [5.41, 5.74) is 4.63. The highest BCUT2D eigenvalue weighted by Crippen LogP contribution is 2.40. The maximum Gasteiger partial charge on any atom is 0.259 e. The zero-order valence-corrected chi connectivity index (χ0v) is 16.3. The van der Waals surface area contributed by atoms with Crippen LogP contribution in [-0.2, 0) is 6.54 Å². The van der Waals surface area contributed by atoms with E-state index < -0.39 is 0 Å². The van der Waals surface area contributed by atoms with Crippen LogP contribution in [0.4, 0.5) is 5.82 Å². The number of hydrogen-bond donors (Lipinski definition) is 1. The molecule has 1 saturated carbocycles. The van der Waals surface area contributed by atoms with Gasteiger partial charge in [-0.1, -0.05) is 35.5 Å². The molecule has 1 aliphatic carbocycles. The van der Waals surface area contributed by atoms with E-state index in [1.165, 1.54) is 0 Å². The quantitative estimate of drug-likeness (QED) is 0.554. The zero-order chi connectivity index (χ0) is 20.0. The third-order valence-corrected chi connectivity index (χ3v) is 5.28. The van der Waals surface area contributed by atoms with Crippen LogP contribution in [0.1, 0.15) is 51.8 Å². The third-order valence-electron chi connectivity index (χ3n) is 5.28. The number of anilines is 1. The Bertz CT molecular complexity index is 1200. The minimum Gasteiger partial charge on any atom is -0.336 e. The van der Waals surface area contributed by atoms with Crippen molar-refractivity contribution in [2.75, 3.05) is 5.32 Å². The Kier molecular flexibility index (Phi) is 4.16. The summed E-state index contributed by atoms with van der Waals surface area (Å²) in [5, 5.41) is 12.1. The molecule has 146 valence electrons. The first-order valence-electron chi connectivity index (χ1n) is 9.75. The van der Waals surface area contributed by atoms with Crippen molar-refractivity contribution in [2.45, 2.75) is 39.2 Å². The smallest absolute Gasteiger partial charge is 0.259 e. The topological polar surface area (TPSA) is 85.8 Å². The molecule has 3 heterocycles. The van der Waals surface area contributed by atoms with Crippen molar-refractivity contribution in [3.8, 4) is 0 Å². The lowest BCUT2D eigenvalue weighted by molar-refractivity contribution is 0.102. The van der Waals surface area contributed by atoms with Gasteiger partial charge in [0.25, 0.3) is 11.6 Å². The lowest BCUT2D eigenvalue weighted by atomic mass is 10.1. The Morgan fingerprint density at radius 1 is 1.21 bits per heavy atom. The maximum absolute atomic E-state index is 13.1. The SMILES string of the molecule is Cc1noc2nc(C3CC3)cc(C(=O)Nc3cc(C)n(Cc4ccccc4)n3)c12. The molecule has 0 unspecified atom stereocenters. The number of benzene rings is 1. The fourth-order valence-electron chi connectivity index (χ4n) is 3.55. The third kappa shape index (κ3) is 3.40. The van der Waals surface area contributed by atoms with Crippen LogP contribution in [0.2, 0.25) is 0 Å². The van der Waals surface area contributed by atoms with E-state index in [-0.39, 0.29) is 5.91 Å². The maximum atomic E-state index is 13.1. The number of amides is 1. The van der Waals surface area contributed by atoms with Crippen LogP contribution in [0, 0.1) is 13.8 Å². The number of hydrogen-bond acceptors (Lipinski definition) is 5. The van der Waals surface area contributed by atoms with Gasteiger partial charge in [0.1, 0.15) is 0 Å². The largest absolute Gasteiger partial charge is 0.336 e. The number of nitrogens with zero attached hydrogens (tertiary/aromatic N) is 4. The Hall–Kier alpha value is -3.48. The van der Waals surface area contributed by atoms with E-state index in [0.717, 1.165) is 29.8 Å². The fraction of sp³-hybridized carbons (Fsp3) is 0.273. The number of rotatable bonds is 5. The number of fused-ring (bicyclic) bond motifs is 1. The molecule has 1 fully saturated rings. The summed E-state index contributed by atoms with van der Waals surface area (Å²) in [6, 6.07) is 13.9. The average Bonchev–Trinajstić information content (AvgIpc) is 3.43. The van der Waals surface area contributed by atoms with Gasteiger partial charge in [-0.2, -0.15) is 5.10 Å². The zero-order valence-electron chi connectivity index (χ0n) is 16.3. The van der Waals surface area contributed by atoms with Crippen molar-refractivity contribution in [3.05, 3.63) is 70.7 Å². The van der Waals surface area contributed by atoms with Crippen molar-refractivity contribution in [1.29, 1.82) is 0 Å². The molecule has 0 spiro atoms. The van der Waals surface area contributed by atoms with Gasteiger partial charge in [0.15, 0.2) is 5.82 Å². The molecule has 1 N–H and O–H groups in total. The van der Waals surface area contributed by atoms with Crippen LogP contribution < -0.4 is 5.32 Å². The van der Waals surface area contributed by atoms with E-state index >= 15 is 0 Å². The predicted octanol–water partition coefficient (Wildman–Crippen LogP) is 4.21. The summed E-state index contributed by atoms with van der Waals surface area (Å²) in [5.74, 6) is 0.703. The summed E-state index contributed by atoms with van der Waals surface area (Å²) >= 11 is 0. The molecule has 4 aromatic rings. The molecular formula is C22H21N5O2. The number of nitrogens with one attached hydrogen (secondary N) is 1. The van der Waals surface area contributed by atoms with Gasteiger partial charge in [0, 0.05) is 23.4 Å². The van der Waals surface area contributed by atoms with Gasteiger partial charge in [-0.25, -0.2) is 4.98 Å². The van der Waals surface area contributed by atoms with E-state index in [9.17, 15) is 4.79 Å². The van der Waals surface area contributed by atoms with Crippen LogP contribution in [-0.4, -0.2) is 25.8 Å². The highest BCUT2D eigenvalue weighted by molar-refractivity contribution is 6.12. The second kappa shape index (κ2) is 6.84. The molecule has 7 heteroatoms. The van der Waals surface area contributed by atoms with Gasteiger partial charge in [0.2, 0.25) is 0 Å². The monoisotopic (exact) mass is 387 g/mol. The van der Waals surface area contributed by atoms with Gasteiger partial charge in [-0.05, 0) is 38.3 Å². The molecule has 0 radical (unpaired) electrons. The molecule has 5 rings (SSSR count). The molecule has 1 amide bonds. The Balaban J connectivity index is 1.44. The summed E-state index contributed by atoms with van der Waals surface area (Å²) in [6.45, 7) is 4.45. The van der Waals surface area contributed by atoms with E-state index in [0.29, 0.717) is 40.6 Å². The van der Waals surface area contributed by atoms with E-state index in [2.05, 4.69) is 32.7 Å². The fourth-order valence-corrected chi connectivity index (χ4v) is 3.55. The minimum absolute atomic E-state index is 0.227. The van der Waals surface area contributed by atoms with Crippen molar-refractivity contribution < 1.29 is 9.32 Å². The number of pyridine rings is 1. The summed E-state index contributed by atoms with van der Waals surface area (Å²) in [7, 11) is 0. The first-order chi connectivity index (χ1) is 14.1. The minimum atomic E-state index is -0.227. The standard InChI is InChI=1S/C22H21N5O2/c1-13-10-19(25-27(13)12-15-6-4-3-5-7-15)24-21(28)17-11-18(16-8-9-16)23-22-20(17)14(2)26-29-22/h3-7,10-11,16H,8-9,12H2,1-2H3,(H,24,25,28). The molecule has 0 aliphatic heterocycles. The van der Waals surface area contributed by atoms with Crippen molar-refractivity contribution in [3.63, 3.8) is 0 Å². The van der Waals surface area contributed by atoms with Gasteiger partial charge < -0.3 is 9.84 Å². The summed E-state index contributed by atoms with van der Waals surface area (Å²) in [6.07, 6.45) is 2.19. The van der Waals surface area contributed by atoms with Gasteiger partial charge in [-0.3, -0.25) is 9.48 Å². The Morgan fingerprint density at radius 2 is 2.00 bits per heavy atom. The second-order valence-corrected chi connectivity index (χ2v) is 7.59.